The minimum atomic E-state index is -0.549. The zero-order chi connectivity index (χ0) is 12.4. The molecule has 0 aliphatic heterocycles. The van der Waals surface area contributed by atoms with E-state index in [9.17, 15) is 9.18 Å². The van der Waals surface area contributed by atoms with E-state index in [4.69, 9.17) is 10.5 Å². The molecular weight excluding hydrogens is 289 g/mol. The molecule has 0 amide bonds. The van der Waals surface area contributed by atoms with E-state index in [1.807, 2.05) is 0 Å². The number of halogens is 2. The Balaban J connectivity index is 2.04. The highest BCUT2D eigenvalue weighted by Gasteiger charge is 2.21. The number of carbonyl (C=O) groups is 1. The van der Waals surface area contributed by atoms with Gasteiger partial charge in [0.05, 0.1) is 17.9 Å². The Morgan fingerprint density at radius 1 is 1.53 bits per heavy atom. The van der Waals surface area contributed by atoms with Crippen molar-refractivity contribution in [3.05, 3.63) is 28.0 Å². The first kappa shape index (κ1) is 12.4. The Hall–Kier alpha value is -1.10. The zero-order valence-electron chi connectivity index (χ0n) is 9.21. The van der Waals surface area contributed by atoms with Crippen LogP contribution in [0.2, 0.25) is 0 Å². The molecule has 0 spiro atoms. The van der Waals surface area contributed by atoms with E-state index in [0.717, 1.165) is 12.8 Å². The molecule has 0 unspecified atom stereocenters. The molecule has 0 aromatic heterocycles. The summed E-state index contributed by atoms with van der Waals surface area (Å²) < 4.78 is 18.6. The van der Waals surface area contributed by atoms with Crippen molar-refractivity contribution in [2.24, 2.45) is 5.92 Å². The van der Waals surface area contributed by atoms with Crippen LogP contribution in [0.4, 0.5) is 10.1 Å². The standard InChI is InChI=1S/C12H13BrFNO2/c13-9-5-10(14)11(15)4-8(9)12(16)17-6-7-2-1-3-7/h4-5,7H,1-3,6,15H2. The molecule has 1 aromatic rings. The number of rotatable bonds is 3. The lowest BCUT2D eigenvalue weighted by Gasteiger charge is -2.24. The van der Waals surface area contributed by atoms with Crippen molar-refractivity contribution >= 4 is 27.6 Å². The van der Waals surface area contributed by atoms with E-state index in [0.29, 0.717) is 17.0 Å². The average molecular weight is 302 g/mol. The first-order valence-corrected chi connectivity index (χ1v) is 6.29. The summed E-state index contributed by atoms with van der Waals surface area (Å²) in [5.74, 6) is -0.529. The number of carbonyl (C=O) groups excluding carboxylic acids is 1. The number of nitrogens with two attached hydrogens (primary N) is 1. The van der Waals surface area contributed by atoms with Crippen LogP contribution in [-0.4, -0.2) is 12.6 Å². The predicted octanol–water partition coefficient (Wildman–Crippen LogP) is 3.13. The summed E-state index contributed by atoms with van der Waals surface area (Å²) in [6.45, 7) is 0.433. The van der Waals surface area contributed by atoms with E-state index in [-0.39, 0.29) is 11.3 Å². The van der Waals surface area contributed by atoms with Gasteiger partial charge >= 0.3 is 5.97 Å². The van der Waals surface area contributed by atoms with Gasteiger partial charge in [0.15, 0.2) is 0 Å². The van der Waals surface area contributed by atoms with Crippen LogP contribution in [0.15, 0.2) is 16.6 Å². The minimum Gasteiger partial charge on any atom is -0.462 e. The Bertz CT molecular complexity index is 446. The van der Waals surface area contributed by atoms with E-state index in [1.165, 1.54) is 18.6 Å². The van der Waals surface area contributed by atoms with Crippen molar-refractivity contribution in [1.82, 2.24) is 0 Å². The van der Waals surface area contributed by atoms with Crippen molar-refractivity contribution in [1.29, 1.82) is 0 Å². The van der Waals surface area contributed by atoms with Crippen LogP contribution < -0.4 is 5.73 Å². The minimum absolute atomic E-state index is 0.0520. The van der Waals surface area contributed by atoms with Gasteiger partial charge in [0.2, 0.25) is 0 Å². The first-order chi connectivity index (χ1) is 8.08. The SMILES string of the molecule is Nc1cc(C(=O)OCC2CCC2)c(Br)cc1F. The van der Waals surface area contributed by atoms with Gasteiger partial charge in [-0.3, -0.25) is 0 Å². The predicted molar refractivity (Wildman–Crippen MR) is 66.1 cm³/mol. The molecule has 17 heavy (non-hydrogen) atoms. The molecule has 2 N–H and O–H groups in total. The Morgan fingerprint density at radius 3 is 2.82 bits per heavy atom. The zero-order valence-corrected chi connectivity index (χ0v) is 10.8. The smallest absolute Gasteiger partial charge is 0.339 e. The van der Waals surface area contributed by atoms with Gasteiger partial charge in [-0.25, -0.2) is 9.18 Å². The van der Waals surface area contributed by atoms with Crippen molar-refractivity contribution < 1.29 is 13.9 Å². The quantitative estimate of drug-likeness (QED) is 0.689. The molecule has 1 aromatic carbocycles. The second-order valence-corrected chi connectivity index (χ2v) is 5.10. The van der Waals surface area contributed by atoms with E-state index < -0.39 is 11.8 Å². The summed E-state index contributed by atoms with van der Waals surface area (Å²) in [7, 11) is 0. The fraction of sp³-hybridized carbons (Fsp3) is 0.417. The van der Waals surface area contributed by atoms with Gasteiger partial charge in [-0.2, -0.15) is 0 Å². The lowest BCUT2D eigenvalue weighted by Crippen LogP contribution is -2.20. The summed E-state index contributed by atoms with van der Waals surface area (Å²) in [6, 6.07) is 2.47. The molecule has 0 atom stereocenters. The lowest BCUT2D eigenvalue weighted by molar-refractivity contribution is 0.0370. The molecule has 1 aliphatic carbocycles. The monoisotopic (exact) mass is 301 g/mol. The molecule has 3 nitrogen and oxygen atoms in total. The van der Waals surface area contributed by atoms with Crippen LogP contribution in [0.3, 0.4) is 0 Å². The number of benzene rings is 1. The number of esters is 1. The van der Waals surface area contributed by atoms with Crippen LogP contribution in [-0.2, 0) is 4.74 Å². The number of hydrogen-bond donors (Lipinski definition) is 1. The van der Waals surface area contributed by atoms with Crippen molar-refractivity contribution in [2.45, 2.75) is 19.3 Å². The van der Waals surface area contributed by atoms with Crippen molar-refractivity contribution in [3.63, 3.8) is 0 Å². The third-order valence-electron chi connectivity index (χ3n) is 2.98. The molecule has 5 heteroatoms. The molecule has 2 rings (SSSR count). The molecule has 92 valence electrons. The second-order valence-electron chi connectivity index (χ2n) is 4.25. The van der Waals surface area contributed by atoms with Crippen molar-refractivity contribution in [2.75, 3.05) is 12.3 Å². The maximum atomic E-state index is 13.1. The summed E-state index contributed by atoms with van der Waals surface area (Å²) >= 11 is 3.12. The van der Waals surface area contributed by atoms with Gasteiger partial charge < -0.3 is 10.5 Å². The molecule has 1 saturated carbocycles. The second kappa shape index (κ2) is 5.04. The Labute approximate surface area is 107 Å². The van der Waals surface area contributed by atoms with Gasteiger partial charge in [-0.1, -0.05) is 6.42 Å². The van der Waals surface area contributed by atoms with Crippen molar-refractivity contribution in [3.8, 4) is 0 Å². The third-order valence-corrected chi connectivity index (χ3v) is 3.64. The molecule has 1 fully saturated rings. The van der Waals surface area contributed by atoms with Crippen LogP contribution >= 0.6 is 15.9 Å². The largest absolute Gasteiger partial charge is 0.462 e. The molecule has 1 aliphatic rings. The fourth-order valence-corrected chi connectivity index (χ4v) is 2.13. The molecule has 0 radical (unpaired) electrons. The van der Waals surface area contributed by atoms with Crippen LogP contribution in [0.1, 0.15) is 29.6 Å². The van der Waals surface area contributed by atoms with Gasteiger partial charge in [0, 0.05) is 4.47 Å². The van der Waals surface area contributed by atoms with Gasteiger partial charge in [-0.15, -0.1) is 0 Å². The third kappa shape index (κ3) is 2.77. The first-order valence-electron chi connectivity index (χ1n) is 5.49. The topological polar surface area (TPSA) is 52.3 Å². The highest BCUT2D eigenvalue weighted by atomic mass is 79.9. The summed E-state index contributed by atoms with van der Waals surface area (Å²) in [6.07, 6.45) is 3.43. The van der Waals surface area contributed by atoms with Gasteiger partial charge in [0.1, 0.15) is 5.82 Å². The van der Waals surface area contributed by atoms with Crippen LogP contribution in [0, 0.1) is 11.7 Å². The number of ether oxygens (including phenoxy) is 1. The number of hydrogen-bond acceptors (Lipinski definition) is 3. The molecular formula is C12H13BrFNO2. The van der Waals surface area contributed by atoms with E-state index in [2.05, 4.69) is 15.9 Å². The van der Waals surface area contributed by atoms with E-state index >= 15 is 0 Å². The Morgan fingerprint density at radius 2 is 2.24 bits per heavy atom. The lowest BCUT2D eigenvalue weighted by atomic mass is 9.86. The maximum Gasteiger partial charge on any atom is 0.339 e. The summed E-state index contributed by atoms with van der Waals surface area (Å²) in [5, 5.41) is 0. The average Bonchev–Trinajstić information content (AvgIpc) is 2.21. The molecule has 0 saturated heterocycles. The van der Waals surface area contributed by atoms with Crippen LogP contribution in [0.25, 0.3) is 0 Å². The summed E-state index contributed by atoms with van der Waals surface area (Å²) in [5.41, 5.74) is 5.63. The highest BCUT2D eigenvalue weighted by Crippen LogP contribution is 2.28. The van der Waals surface area contributed by atoms with E-state index in [1.54, 1.807) is 0 Å². The highest BCUT2D eigenvalue weighted by molar-refractivity contribution is 9.10. The maximum absolute atomic E-state index is 13.1. The fourth-order valence-electron chi connectivity index (χ4n) is 1.65. The molecule has 0 bridgehead atoms. The van der Waals surface area contributed by atoms with Gasteiger partial charge in [-0.05, 0) is 46.8 Å². The number of nitrogen functional groups attached to an aromatic ring is 1. The molecule has 0 heterocycles. The Kier molecular flexibility index (Phi) is 3.66. The van der Waals surface area contributed by atoms with Gasteiger partial charge in [0.25, 0.3) is 0 Å². The normalized spacial score (nSPS) is 15.4. The summed E-state index contributed by atoms with van der Waals surface area (Å²) in [4.78, 5) is 11.7. The van der Waals surface area contributed by atoms with Crippen LogP contribution in [0.5, 0.6) is 0 Å². The number of anilines is 1.